The third-order valence-corrected chi connectivity index (χ3v) is 5.81. The van der Waals surface area contributed by atoms with Crippen LogP contribution in [0.4, 0.5) is 0 Å². The lowest BCUT2D eigenvalue weighted by atomic mass is 10.2. The van der Waals surface area contributed by atoms with Crippen molar-refractivity contribution in [2.75, 3.05) is 13.1 Å². The number of sulfonamides is 1. The number of hydrogen-bond acceptors (Lipinski definition) is 4. The minimum absolute atomic E-state index is 0. The number of nitrogens with two attached hydrogens (primary N) is 1. The standard InChI is InChI=1S/C12H15ClN2O2S2.ClH/c1-8-12(19(16,17)15-6-2-5-14)10-7-9(13)3-4-11(10)18-8;/h3-4,7,15H,2,5-6,14H2,1H3;1H. The monoisotopic (exact) mass is 354 g/mol. The number of nitrogens with one attached hydrogen (secondary N) is 1. The summed E-state index contributed by atoms with van der Waals surface area (Å²) in [5.74, 6) is 0. The Bertz CT molecular complexity index is 699. The Morgan fingerprint density at radius 2 is 2.10 bits per heavy atom. The zero-order chi connectivity index (χ0) is 14.0. The second-order valence-corrected chi connectivity index (χ2v) is 7.56. The van der Waals surface area contributed by atoms with Crippen LogP contribution in [0.3, 0.4) is 0 Å². The van der Waals surface area contributed by atoms with Gasteiger partial charge in [-0.2, -0.15) is 0 Å². The van der Waals surface area contributed by atoms with E-state index in [1.54, 1.807) is 19.1 Å². The molecule has 0 saturated heterocycles. The van der Waals surface area contributed by atoms with E-state index in [-0.39, 0.29) is 12.4 Å². The normalized spacial score (nSPS) is 11.6. The molecule has 0 saturated carbocycles. The third kappa shape index (κ3) is 3.63. The Kier molecular flexibility index (Phi) is 6.25. The minimum Gasteiger partial charge on any atom is -0.330 e. The van der Waals surface area contributed by atoms with Crippen LogP contribution < -0.4 is 10.5 Å². The van der Waals surface area contributed by atoms with Gasteiger partial charge >= 0.3 is 0 Å². The molecule has 0 radical (unpaired) electrons. The first-order valence-electron chi connectivity index (χ1n) is 5.84. The molecule has 4 nitrogen and oxygen atoms in total. The topological polar surface area (TPSA) is 72.2 Å². The van der Waals surface area contributed by atoms with Gasteiger partial charge in [0.05, 0.1) is 0 Å². The maximum absolute atomic E-state index is 12.3. The van der Waals surface area contributed by atoms with Gasteiger partial charge in [-0.1, -0.05) is 11.6 Å². The van der Waals surface area contributed by atoms with Crippen molar-refractivity contribution >= 4 is 55.5 Å². The van der Waals surface area contributed by atoms with Crippen LogP contribution >= 0.6 is 35.3 Å². The summed E-state index contributed by atoms with van der Waals surface area (Å²) >= 11 is 7.40. The third-order valence-electron chi connectivity index (χ3n) is 2.71. The zero-order valence-electron chi connectivity index (χ0n) is 10.8. The van der Waals surface area contributed by atoms with Crippen molar-refractivity contribution in [3.63, 3.8) is 0 Å². The summed E-state index contributed by atoms with van der Waals surface area (Å²) in [6.45, 7) is 2.60. The van der Waals surface area contributed by atoms with Gasteiger partial charge < -0.3 is 5.73 Å². The second-order valence-electron chi connectivity index (χ2n) is 4.17. The molecule has 0 unspecified atom stereocenters. The van der Waals surface area contributed by atoms with E-state index in [1.807, 2.05) is 6.07 Å². The summed E-state index contributed by atoms with van der Waals surface area (Å²) in [5, 5.41) is 1.21. The van der Waals surface area contributed by atoms with E-state index in [1.165, 1.54) is 11.3 Å². The molecule has 2 aromatic rings. The number of rotatable bonds is 5. The van der Waals surface area contributed by atoms with Crippen molar-refractivity contribution in [3.8, 4) is 0 Å². The van der Waals surface area contributed by atoms with Crippen LogP contribution in [-0.2, 0) is 10.0 Å². The van der Waals surface area contributed by atoms with Gasteiger partial charge in [0.1, 0.15) is 4.90 Å². The average Bonchev–Trinajstić information content (AvgIpc) is 2.65. The Hall–Kier alpha value is -0.370. The van der Waals surface area contributed by atoms with Crippen molar-refractivity contribution < 1.29 is 8.42 Å². The Morgan fingerprint density at radius 3 is 2.75 bits per heavy atom. The van der Waals surface area contributed by atoms with Crippen molar-refractivity contribution in [1.82, 2.24) is 4.72 Å². The van der Waals surface area contributed by atoms with Crippen LogP contribution in [0.2, 0.25) is 5.02 Å². The van der Waals surface area contributed by atoms with Gasteiger partial charge in [0.2, 0.25) is 10.0 Å². The molecule has 0 aliphatic heterocycles. The van der Waals surface area contributed by atoms with E-state index in [0.717, 1.165) is 9.58 Å². The molecule has 1 aromatic heterocycles. The van der Waals surface area contributed by atoms with Crippen LogP contribution in [0.1, 0.15) is 11.3 Å². The van der Waals surface area contributed by atoms with Crippen molar-refractivity contribution in [2.45, 2.75) is 18.2 Å². The van der Waals surface area contributed by atoms with Gasteiger partial charge in [-0.05, 0) is 38.1 Å². The van der Waals surface area contributed by atoms with Crippen LogP contribution in [-0.4, -0.2) is 21.5 Å². The molecule has 0 aliphatic rings. The van der Waals surface area contributed by atoms with E-state index in [2.05, 4.69) is 4.72 Å². The van der Waals surface area contributed by atoms with E-state index < -0.39 is 10.0 Å². The fraction of sp³-hybridized carbons (Fsp3) is 0.333. The minimum atomic E-state index is -3.52. The Labute approximate surface area is 133 Å². The van der Waals surface area contributed by atoms with Crippen molar-refractivity contribution in [1.29, 1.82) is 0 Å². The lowest BCUT2D eigenvalue weighted by Crippen LogP contribution is -2.26. The highest BCUT2D eigenvalue weighted by molar-refractivity contribution is 7.90. The first kappa shape index (κ1) is 17.7. The van der Waals surface area contributed by atoms with Crippen LogP contribution in [0.15, 0.2) is 23.1 Å². The average molecular weight is 355 g/mol. The summed E-state index contributed by atoms with van der Waals surface area (Å²) in [6.07, 6.45) is 0.612. The molecule has 0 bridgehead atoms. The summed E-state index contributed by atoms with van der Waals surface area (Å²) in [7, 11) is -3.52. The summed E-state index contributed by atoms with van der Waals surface area (Å²) in [6, 6.07) is 5.30. The van der Waals surface area contributed by atoms with E-state index >= 15 is 0 Å². The highest BCUT2D eigenvalue weighted by atomic mass is 35.5. The van der Waals surface area contributed by atoms with Crippen LogP contribution in [0.25, 0.3) is 10.1 Å². The maximum Gasteiger partial charge on any atom is 0.242 e. The first-order chi connectivity index (χ1) is 8.95. The van der Waals surface area contributed by atoms with E-state index in [9.17, 15) is 8.42 Å². The molecule has 8 heteroatoms. The molecule has 0 fully saturated rings. The summed E-state index contributed by atoms with van der Waals surface area (Å²) in [5.41, 5.74) is 5.37. The molecule has 3 N–H and O–H groups in total. The van der Waals surface area contributed by atoms with Crippen molar-refractivity contribution in [2.24, 2.45) is 5.73 Å². The molecule has 0 aliphatic carbocycles. The first-order valence-corrected chi connectivity index (χ1v) is 8.52. The Morgan fingerprint density at radius 1 is 1.40 bits per heavy atom. The fourth-order valence-electron chi connectivity index (χ4n) is 1.88. The maximum atomic E-state index is 12.3. The Balaban J connectivity index is 0.00000200. The van der Waals surface area contributed by atoms with Gasteiger partial charge in [0.15, 0.2) is 0 Å². The fourth-order valence-corrected chi connectivity index (χ4v) is 4.91. The number of halogens is 2. The largest absolute Gasteiger partial charge is 0.330 e. The van der Waals surface area contributed by atoms with Crippen molar-refractivity contribution in [3.05, 3.63) is 28.1 Å². The predicted octanol–water partition coefficient (Wildman–Crippen LogP) is 2.91. The molecular weight excluding hydrogens is 339 g/mol. The SMILES string of the molecule is Cc1sc2ccc(Cl)cc2c1S(=O)(=O)NCCCN.Cl. The smallest absolute Gasteiger partial charge is 0.242 e. The molecule has 0 atom stereocenters. The molecule has 1 heterocycles. The lowest BCUT2D eigenvalue weighted by Gasteiger charge is -2.06. The highest BCUT2D eigenvalue weighted by Crippen LogP contribution is 2.35. The molecule has 2 rings (SSSR count). The molecule has 1 aromatic carbocycles. The quantitative estimate of drug-likeness (QED) is 0.810. The van der Waals surface area contributed by atoms with Gasteiger partial charge in [-0.15, -0.1) is 23.7 Å². The van der Waals surface area contributed by atoms with Gasteiger partial charge in [0.25, 0.3) is 0 Å². The second kappa shape index (κ2) is 7.06. The number of hydrogen-bond donors (Lipinski definition) is 2. The molecule has 0 amide bonds. The van der Waals surface area contributed by atoms with E-state index in [0.29, 0.717) is 34.8 Å². The number of benzene rings is 1. The predicted molar refractivity (Wildman–Crippen MR) is 87.7 cm³/mol. The molecule has 20 heavy (non-hydrogen) atoms. The summed E-state index contributed by atoms with van der Waals surface area (Å²) < 4.78 is 28.1. The van der Waals surface area contributed by atoms with Gasteiger partial charge in [-0.25, -0.2) is 13.1 Å². The lowest BCUT2D eigenvalue weighted by molar-refractivity contribution is 0.580. The highest BCUT2D eigenvalue weighted by Gasteiger charge is 2.22. The molecule has 0 spiro atoms. The van der Waals surface area contributed by atoms with Gasteiger partial charge in [-0.3, -0.25) is 0 Å². The number of fused-ring (bicyclic) bond motifs is 1. The summed E-state index contributed by atoms with van der Waals surface area (Å²) in [4.78, 5) is 1.09. The molecule has 112 valence electrons. The van der Waals surface area contributed by atoms with E-state index in [4.69, 9.17) is 17.3 Å². The number of thiophene rings is 1. The molecular formula is C12H16Cl2N2O2S2. The van der Waals surface area contributed by atoms with Gasteiger partial charge in [0, 0.05) is 26.5 Å². The van der Waals surface area contributed by atoms with Crippen LogP contribution in [0, 0.1) is 6.92 Å². The zero-order valence-corrected chi connectivity index (χ0v) is 14.1. The van der Waals surface area contributed by atoms with Crippen LogP contribution in [0.5, 0.6) is 0 Å². The number of aryl methyl sites for hydroxylation is 1.